The standard InChI is InChI=1S/C26H21F2NO6.H2/c1-14-3-5-18(29-23(14)15-9-16(24(32)33-2)11-19(30)10-15)13-22(31)25(7-8-25)17-4-6-20-21(12-17)35-26(27,28)34-20;/h3-6,9-12,30H,7-8,13H2,1-2H3;1H. The van der Waals surface area contributed by atoms with Crippen LogP contribution in [0.25, 0.3) is 11.3 Å². The minimum atomic E-state index is -3.72. The Bertz CT molecular complexity index is 1370. The average Bonchev–Trinajstić information content (AvgIpc) is 3.56. The molecule has 9 heteroatoms. The molecule has 2 aromatic carbocycles. The van der Waals surface area contributed by atoms with Crippen molar-refractivity contribution in [2.45, 2.75) is 37.9 Å². The molecule has 0 bridgehead atoms. The fourth-order valence-electron chi connectivity index (χ4n) is 4.38. The SMILES string of the molecule is COC(=O)c1cc(O)cc(-c2nc(CC(=O)C3(c4ccc5c(c4)OC(F)(F)O5)CC3)ccc2C)c1.[HH]. The van der Waals surface area contributed by atoms with E-state index in [1.807, 2.05) is 13.0 Å². The van der Waals surface area contributed by atoms with Crippen LogP contribution >= 0.6 is 0 Å². The van der Waals surface area contributed by atoms with E-state index in [0.29, 0.717) is 35.4 Å². The van der Waals surface area contributed by atoms with E-state index >= 15 is 0 Å². The van der Waals surface area contributed by atoms with Crippen molar-refractivity contribution >= 4 is 11.8 Å². The molecule has 1 aliphatic carbocycles. The molecule has 182 valence electrons. The summed E-state index contributed by atoms with van der Waals surface area (Å²) in [4.78, 5) is 29.9. The van der Waals surface area contributed by atoms with Crippen LogP contribution in [0.5, 0.6) is 17.2 Å². The highest BCUT2D eigenvalue weighted by Gasteiger charge is 2.52. The Hall–Kier alpha value is -4.01. The number of hydrogen-bond acceptors (Lipinski definition) is 7. The summed E-state index contributed by atoms with van der Waals surface area (Å²) in [5.41, 5.74) is 2.33. The summed E-state index contributed by atoms with van der Waals surface area (Å²) in [7, 11) is 1.25. The summed E-state index contributed by atoms with van der Waals surface area (Å²) in [6.07, 6.45) is -2.50. The van der Waals surface area contributed by atoms with Gasteiger partial charge in [-0.1, -0.05) is 12.1 Å². The number of aromatic hydroxyl groups is 1. The number of phenolic OH excluding ortho intramolecular Hbond substituents is 1. The number of Topliss-reactive ketones (excluding diaryl/α,β-unsaturated/α-hetero) is 1. The van der Waals surface area contributed by atoms with Gasteiger partial charge < -0.3 is 19.3 Å². The molecular formula is C26H23F2NO6. The predicted octanol–water partition coefficient (Wildman–Crippen LogP) is 4.96. The molecule has 1 aliphatic heterocycles. The molecule has 1 N–H and O–H groups in total. The van der Waals surface area contributed by atoms with E-state index in [2.05, 4.69) is 14.5 Å². The topological polar surface area (TPSA) is 95.0 Å². The second kappa shape index (κ2) is 8.04. The molecule has 0 saturated heterocycles. The fourth-order valence-corrected chi connectivity index (χ4v) is 4.38. The molecule has 7 nitrogen and oxygen atoms in total. The Balaban J connectivity index is 0.00000304. The monoisotopic (exact) mass is 483 g/mol. The number of pyridine rings is 1. The van der Waals surface area contributed by atoms with Gasteiger partial charge in [0.2, 0.25) is 0 Å². The number of aromatic nitrogens is 1. The van der Waals surface area contributed by atoms with Gasteiger partial charge in [-0.15, -0.1) is 8.78 Å². The quantitative estimate of drug-likeness (QED) is 0.495. The van der Waals surface area contributed by atoms with Gasteiger partial charge in [0.05, 0.1) is 23.8 Å². The number of carbonyl (C=O) groups is 2. The van der Waals surface area contributed by atoms with Crippen LogP contribution in [-0.2, 0) is 21.4 Å². The fraction of sp³-hybridized carbons (Fsp3) is 0.269. The molecule has 1 fully saturated rings. The molecule has 1 saturated carbocycles. The molecule has 1 aromatic heterocycles. The number of carbonyl (C=O) groups excluding carboxylic acids is 2. The molecule has 5 rings (SSSR count). The zero-order chi connectivity index (χ0) is 25.0. The highest BCUT2D eigenvalue weighted by molar-refractivity contribution is 5.95. The summed E-state index contributed by atoms with van der Waals surface area (Å²) >= 11 is 0. The van der Waals surface area contributed by atoms with Gasteiger partial charge in [-0.25, -0.2) is 4.79 Å². The number of ether oxygens (including phenoxy) is 3. The van der Waals surface area contributed by atoms with Gasteiger partial charge in [-0.05, 0) is 67.3 Å². The molecule has 0 radical (unpaired) electrons. The molecule has 35 heavy (non-hydrogen) atoms. The highest BCUT2D eigenvalue weighted by Crippen LogP contribution is 2.52. The number of methoxy groups -OCH3 is 1. The van der Waals surface area contributed by atoms with E-state index in [-0.39, 0.29) is 36.4 Å². The number of hydrogen-bond donors (Lipinski definition) is 1. The lowest BCUT2D eigenvalue weighted by Gasteiger charge is -2.16. The third-order valence-electron chi connectivity index (χ3n) is 6.35. The third kappa shape index (κ3) is 4.18. The Labute approximate surface area is 200 Å². The number of nitrogens with zero attached hydrogens (tertiary/aromatic N) is 1. The zero-order valence-corrected chi connectivity index (χ0v) is 18.9. The van der Waals surface area contributed by atoms with Crippen LogP contribution in [0, 0.1) is 6.92 Å². The van der Waals surface area contributed by atoms with E-state index in [9.17, 15) is 23.5 Å². The molecule has 0 unspecified atom stereocenters. The largest absolute Gasteiger partial charge is 0.586 e. The van der Waals surface area contributed by atoms with Crippen LogP contribution in [0.2, 0.25) is 0 Å². The third-order valence-corrected chi connectivity index (χ3v) is 6.35. The average molecular weight is 483 g/mol. The number of esters is 1. The van der Waals surface area contributed by atoms with Crippen molar-refractivity contribution in [1.29, 1.82) is 0 Å². The van der Waals surface area contributed by atoms with Crippen molar-refractivity contribution in [3.05, 3.63) is 70.9 Å². The van der Waals surface area contributed by atoms with E-state index in [4.69, 9.17) is 4.74 Å². The number of benzene rings is 2. The first kappa shape index (κ1) is 22.8. The maximum Gasteiger partial charge on any atom is 0.586 e. The molecular weight excluding hydrogens is 460 g/mol. The zero-order valence-electron chi connectivity index (χ0n) is 18.9. The summed E-state index contributed by atoms with van der Waals surface area (Å²) in [5.74, 6) is -0.951. The van der Waals surface area contributed by atoms with Gasteiger partial charge in [0, 0.05) is 19.1 Å². The van der Waals surface area contributed by atoms with E-state index in [0.717, 1.165) is 5.56 Å². The summed E-state index contributed by atoms with van der Waals surface area (Å²) in [6.45, 7) is 1.83. The second-order valence-electron chi connectivity index (χ2n) is 8.74. The Morgan fingerprint density at radius 1 is 1.09 bits per heavy atom. The minimum absolute atomic E-state index is 0. The van der Waals surface area contributed by atoms with Crippen LogP contribution < -0.4 is 9.47 Å². The van der Waals surface area contributed by atoms with Crippen LogP contribution in [0.4, 0.5) is 8.78 Å². The van der Waals surface area contributed by atoms with Gasteiger partial charge >= 0.3 is 12.3 Å². The lowest BCUT2D eigenvalue weighted by Crippen LogP contribution is -2.26. The molecule has 0 atom stereocenters. The van der Waals surface area contributed by atoms with Gasteiger partial charge in [-0.2, -0.15) is 0 Å². The minimum Gasteiger partial charge on any atom is -0.508 e. The highest BCUT2D eigenvalue weighted by atomic mass is 19.3. The summed E-state index contributed by atoms with van der Waals surface area (Å²) < 4.78 is 40.5. The first-order valence-corrected chi connectivity index (χ1v) is 10.9. The Morgan fingerprint density at radius 3 is 2.54 bits per heavy atom. The molecule has 0 spiro atoms. The number of aryl methyl sites for hydroxylation is 1. The van der Waals surface area contributed by atoms with Gasteiger partial charge in [0.25, 0.3) is 0 Å². The predicted molar refractivity (Wildman–Crippen MR) is 122 cm³/mol. The number of rotatable bonds is 6. The summed E-state index contributed by atoms with van der Waals surface area (Å²) in [6, 6.07) is 12.4. The lowest BCUT2D eigenvalue weighted by molar-refractivity contribution is -0.286. The molecule has 3 aromatic rings. The Morgan fingerprint density at radius 2 is 1.83 bits per heavy atom. The molecule has 2 aliphatic rings. The molecule has 0 amide bonds. The lowest BCUT2D eigenvalue weighted by atomic mass is 9.88. The second-order valence-corrected chi connectivity index (χ2v) is 8.74. The van der Waals surface area contributed by atoms with Crippen molar-refractivity contribution in [2.75, 3.05) is 7.11 Å². The van der Waals surface area contributed by atoms with E-state index in [1.165, 1.54) is 31.4 Å². The smallest absolute Gasteiger partial charge is 0.508 e. The van der Waals surface area contributed by atoms with E-state index in [1.54, 1.807) is 18.2 Å². The van der Waals surface area contributed by atoms with Crippen molar-refractivity contribution in [1.82, 2.24) is 4.98 Å². The van der Waals surface area contributed by atoms with Gasteiger partial charge in [0.1, 0.15) is 11.5 Å². The first-order chi connectivity index (χ1) is 16.6. The van der Waals surface area contributed by atoms with Crippen LogP contribution in [0.15, 0.2) is 48.5 Å². The van der Waals surface area contributed by atoms with Crippen molar-refractivity contribution in [3.63, 3.8) is 0 Å². The van der Waals surface area contributed by atoms with Crippen LogP contribution in [-0.4, -0.2) is 35.2 Å². The molecule has 2 heterocycles. The number of ketones is 1. The number of fused-ring (bicyclic) bond motifs is 1. The summed E-state index contributed by atoms with van der Waals surface area (Å²) in [5, 5.41) is 10.1. The normalized spacial score (nSPS) is 16.6. The van der Waals surface area contributed by atoms with Crippen LogP contribution in [0.1, 0.15) is 41.4 Å². The maximum atomic E-state index is 13.4. The number of phenols is 1. The van der Waals surface area contributed by atoms with Gasteiger partial charge in [0.15, 0.2) is 11.5 Å². The maximum absolute atomic E-state index is 13.4. The van der Waals surface area contributed by atoms with E-state index < -0.39 is 17.7 Å². The number of alkyl halides is 2. The first-order valence-electron chi connectivity index (χ1n) is 10.9. The Kier molecular flexibility index (Phi) is 5.23. The van der Waals surface area contributed by atoms with Crippen molar-refractivity contribution in [2.24, 2.45) is 0 Å². The van der Waals surface area contributed by atoms with Gasteiger partial charge in [-0.3, -0.25) is 9.78 Å². The van der Waals surface area contributed by atoms with Crippen molar-refractivity contribution in [3.8, 4) is 28.5 Å². The van der Waals surface area contributed by atoms with Crippen LogP contribution in [0.3, 0.4) is 0 Å². The number of halogens is 2. The van der Waals surface area contributed by atoms with Crippen molar-refractivity contribution < 1.29 is 39.1 Å².